The average molecular weight is 232 g/mol. The summed E-state index contributed by atoms with van der Waals surface area (Å²) in [6.45, 7) is 6.32. The SMILES string of the molecule is C=CCNC(=S)N1CCc2ccccc2C1. The zero-order chi connectivity index (χ0) is 11.4. The lowest BCUT2D eigenvalue weighted by atomic mass is 10.0. The van der Waals surface area contributed by atoms with E-state index in [2.05, 4.69) is 41.1 Å². The molecule has 0 unspecified atom stereocenters. The van der Waals surface area contributed by atoms with Crippen molar-refractivity contribution in [2.45, 2.75) is 13.0 Å². The van der Waals surface area contributed by atoms with E-state index in [1.165, 1.54) is 11.1 Å². The van der Waals surface area contributed by atoms with Gasteiger partial charge in [-0.15, -0.1) is 6.58 Å². The van der Waals surface area contributed by atoms with Gasteiger partial charge in [-0.3, -0.25) is 0 Å². The molecule has 0 saturated carbocycles. The van der Waals surface area contributed by atoms with Crippen LogP contribution in [0.25, 0.3) is 0 Å². The number of nitrogens with zero attached hydrogens (tertiary/aromatic N) is 1. The van der Waals surface area contributed by atoms with E-state index in [-0.39, 0.29) is 0 Å². The molecule has 0 fully saturated rings. The Labute approximate surface area is 102 Å². The van der Waals surface area contributed by atoms with Gasteiger partial charge in [0.2, 0.25) is 0 Å². The Bertz CT molecular complexity index is 401. The van der Waals surface area contributed by atoms with Crippen LogP contribution in [-0.2, 0) is 13.0 Å². The smallest absolute Gasteiger partial charge is 0.169 e. The molecule has 16 heavy (non-hydrogen) atoms. The fourth-order valence-corrected chi connectivity index (χ4v) is 2.18. The summed E-state index contributed by atoms with van der Waals surface area (Å²) < 4.78 is 0. The molecule has 0 aliphatic carbocycles. The van der Waals surface area contributed by atoms with Crippen LogP contribution in [0.15, 0.2) is 36.9 Å². The molecule has 1 aliphatic rings. The van der Waals surface area contributed by atoms with Gasteiger partial charge in [-0.05, 0) is 29.8 Å². The maximum atomic E-state index is 5.34. The number of fused-ring (bicyclic) bond motifs is 1. The van der Waals surface area contributed by atoms with E-state index in [9.17, 15) is 0 Å². The number of benzene rings is 1. The lowest BCUT2D eigenvalue weighted by Crippen LogP contribution is -2.42. The van der Waals surface area contributed by atoms with Crippen LogP contribution in [0.4, 0.5) is 0 Å². The van der Waals surface area contributed by atoms with Gasteiger partial charge in [-0.25, -0.2) is 0 Å². The molecule has 0 amide bonds. The first-order valence-electron chi connectivity index (χ1n) is 5.51. The van der Waals surface area contributed by atoms with Crippen LogP contribution in [-0.4, -0.2) is 23.1 Å². The molecule has 1 aliphatic heterocycles. The highest BCUT2D eigenvalue weighted by Gasteiger charge is 2.16. The van der Waals surface area contributed by atoms with E-state index in [0.29, 0.717) is 0 Å². The van der Waals surface area contributed by atoms with Crippen LogP contribution < -0.4 is 5.32 Å². The average Bonchev–Trinajstić information content (AvgIpc) is 2.35. The number of nitrogens with one attached hydrogen (secondary N) is 1. The lowest BCUT2D eigenvalue weighted by Gasteiger charge is -2.30. The molecule has 0 aromatic heterocycles. The van der Waals surface area contributed by atoms with Gasteiger partial charge in [-0.1, -0.05) is 30.3 Å². The molecule has 0 atom stereocenters. The molecule has 1 aromatic carbocycles. The molecule has 2 nitrogen and oxygen atoms in total. The summed E-state index contributed by atoms with van der Waals surface area (Å²) in [4.78, 5) is 2.21. The second-order valence-electron chi connectivity index (χ2n) is 3.91. The Balaban J connectivity index is 2.02. The van der Waals surface area contributed by atoms with Gasteiger partial charge < -0.3 is 10.2 Å². The third kappa shape index (κ3) is 2.42. The predicted octanol–water partition coefficient (Wildman–Crippen LogP) is 2.11. The van der Waals surface area contributed by atoms with Gasteiger partial charge in [0.15, 0.2) is 5.11 Å². The molecular formula is C13H16N2S. The van der Waals surface area contributed by atoms with Crippen molar-refractivity contribution < 1.29 is 0 Å². The van der Waals surface area contributed by atoms with Gasteiger partial charge in [-0.2, -0.15) is 0 Å². The highest BCUT2D eigenvalue weighted by molar-refractivity contribution is 7.80. The van der Waals surface area contributed by atoms with Gasteiger partial charge in [0.25, 0.3) is 0 Å². The Kier molecular flexibility index (Phi) is 3.57. The van der Waals surface area contributed by atoms with Crippen molar-refractivity contribution in [2.75, 3.05) is 13.1 Å². The minimum atomic E-state index is 0.733. The summed E-state index contributed by atoms with van der Waals surface area (Å²) in [6, 6.07) is 8.57. The first-order chi connectivity index (χ1) is 7.81. The Hall–Kier alpha value is -1.35. The largest absolute Gasteiger partial charge is 0.359 e. The van der Waals surface area contributed by atoms with Crippen LogP contribution in [0.5, 0.6) is 0 Å². The molecule has 2 rings (SSSR count). The molecule has 3 heteroatoms. The van der Waals surface area contributed by atoms with E-state index >= 15 is 0 Å². The fourth-order valence-electron chi connectivity index (χ4n) is 1.94. The van der Waals surface area contributed by atoms with Crippen molar-refractivity contribution in [3.8, 4) is 0 Å². The molecule has 1 N–H and O–H groups in total. The predicted molar refractivity (Wildman–Crippen MR) is 71.4 cm³/mol. The van der Waals surface area contributed by atoms with Crippen LogP contribution in [0.2, 0.25) is 0 Å². The summed E-state index contributed by atoms with van der Waals surface area (Å²) in [6.07, 6.45) is 2.90. The molecule has 0 bridgehead atoms. The van der Waals surface area contributed by atoms with Gasteiger partial charge in [0.05, 0.1) is 0 Å². The topological polar surface area (TPSA) is 15.3 Å². The van der Waals surface area contributed by atoms with Crippen molar-refractivity contribution >= 4 is 17.3 Å². The van der Waals surface area contributed by atoms with Crippen molar-refractivity contribution in [1.82, 2.24) is 10.2 Å². The number of thiocarbonyl (C=S) groups is 1. The maximum absolute atomic E-state index is 5.34. The molecular weight excluding hydrogens is 216 g/mol. The normalized spacial score (nSPS) is 14.1. The summed E-state index contributed by atoms with van der Waals surface area (Å²) in [5.74, 6) is 0. The zero-order valence-corrected chi connectivity index (χ0v) is 10.1. The first-order valence-corrected chi connectivity index (χ1v) is 5.92. The highest BCUT2D eigenvalue weighted by Crippen LogP contribution is 2.18. The minimum absolute atomic E-state index is 0.733. The molecule has 0 radical (unpaired) electrons. The minimum Gasteiger partial charge on any atom is -0.359 e. The van der Waals surface area contributed by atoms with E-state index in [4.69, 9.17) is 12.2 Å². The first kappa shape index (κ1) is 11.1. The molecule has 0 spiro atoms. The Morgan fingerprint density at radius 3 is 2.94 bits per heavy atom. The third-order valence-electron chi connectivity index (χ3n) is 2.82. The van der Waals surface area contributed by atoms with Gasteiger partial charge >= 0.3 is 0 Å². The van der Waals surface area contributed by atoms with E-state index in [1.807, 2.05) is 6.08 Å². The Morgan fingerprint density at radius 2 is 2.19 bits per heavy atom. The van der Waals surface area contributed by atoms with Gasteiger partial charge in [0.1, 0.15) is 0 Å². The second-order valence-corrected chi connectivity index (χ2v) is 4.30. The number of hydrogen-bond donors (Lipinski definition) is 1. The third-order valence-corrected chi connectivity index (χ3v) is 3.22. The van der Waals surface area contributed by atoms with E-state index in [1.54, 1.807) is 0 Å². The summed E-state index contributed by atoms with van der Waals surface area (Å²) in [7, 11) is 0. The summed E-state index contributed by atoms with van der Waals surface area (Å²) in [5, 5.41) is 4.00. The highest BCUT2D eigenvalue weighted by atomic mass is 32.1. The fraction of sp³-hybridized carbons (Fsp3) is 0.308. The molecule has 0 saturated heterocycles. The molecule has 1 heterocycles. The molecule has 1 aromatic rings. The summed E-state index contributed by atoms with van der Waals surface area (Å²) in [5.41, 5.74) is 2.83. The van der Waals surface area contributed by atoms with Crippen molar-refractivity contribution in [2.24, 2.45) is 0 Å². The Morgan fingerprint density at radius 1 is 1.44 bits per heavy atom. The van der Waals surface area contributed by atoms with Crippen LogP contribution in [0.1, 0.15) is 11.1 Å². The van der Waals surface area contributed by atoms with Crippen LogP contribution in [0.3, 0.4) is 0 Å². The van der Waals surface area contributed by atoms with Crippen molar-refractivity contribution in [3.63, 3.8) is 0 Å². The standard InChI is InChI=1S/C13H16N2S/c1-2-8-14-13(16)15-9-7-11-5-3-4-6-12(11)10-15/h2-6H,1,7-10H2,(H,14,16). The lowest BCUT2D eigenvalue weighted by molar-refractivity contribution is 0.389. The summed E-state index contributed by atoms with van der Waals surface area (Å²) >= 11 is 5.34. The number of rotatable bonds is 2. The van der Waals surface area contributed by atoms with Gasteiger partial charge in [0, 0.05) is 19.6 Å². The van der Waals surface area contributed by atoms with E-state index < -0.39 is 0 Å². The quantitative estimate of drug-likeness (QED) is 0.621. The number of hydrogen-bond acceptors (Lipinski definition) is 1. The molecule has 84 valence electrons. The van der Waals surface area contributed by atoms with Crippen molar-refractivity contribution in [1.29, 1.82) is 0 Å². The van der Waals surface area contributed by atoms with Crippen LogP contribution >= 0.6 is 12.2 Å². The van der Waals surface area contributed by atoms with E-state index in [0.717, 1.165) is 31.2 Å². The zero-order valence-electron chi connectivity index (χ0n) is 9.28. The second kappa shape index (κ2) is 5.12. The van der Waals surface area contributed by atoms with Crippen LogP contribution in [0, 0.1) is 0 Å². The van der Waals surface area contributed by atoms with Crippen molar-refractivity contribution in [3.05, 3.63) is 48.0 Å². The maximum Gasteiger partial charge on any atom is 0.169 e. The monoisotopic (exact) mass is 232 g/mol.